The Labute approximate surface area is 168 Å². The first kappa shape index (κ1) is 20.9. The minimum absolute atomic E-state index is 0.106. The summed E-state index contributed by atoms with van der Waals surface area (Å²) in [6.45, 7) is 3.09. The van der Waals surface area contributed by atoms with Crippen molar-refractivity contribution in [3.8, 4) is 6.07 Å². The molecule has 0 aliphatic carbocycles. The van der Waals surface area contributed by atoms with E-state index < -0.39 is 5.97 Å². The zero-order valence-electron chi connectivity index (χ0n) is 14.6. The smallest absolute Gasteiger partial charge is 0.335 e. The molecule has 12 heteroatoms. The highest BCUT2D eigenvalue weighted by molar-refractivity contribution is 6.30. The first-order valence-electron chi connectivity index (χ1n) is 7.56. The summed E-state index contributed by atoms with van der Waals surface area (Å²) in [4.78, 5) is 25.1. The Morgan fingerprint density at radius 3 is 2.54 bits per heavy atom. The number of aryl methyl sites for hydroxylation is 1. The molecule has 144 valence electrons. The third-order valence-corrected chi connectivity index (χ3v) is 3.63. The number of aromatic nitrogens is 4. The number of fused-ring (bicyclic) bond motifs is 1. The molecule has 0 saturated heterocycles. The lowest BCUT2D eigenvalue weighted by Crippen LogP contribution is -2.27. The van der Waals surface area contributed by atoms with Crippen molar-refractivity contribution in [2.24, 2.45) is 0 Å². The van der Waals surface area contributed by atoms with E-state index in [-0.39, 0.29) is 16.6 Å². The van der Waals surface area contributed by atoms with Crippen molar-refractivity contribution in [3.63, 3.8) is 0 Å². The molecule has 3 heterocycles. The fourth-order valence-electron chi connectivity index (χ4n) is 2.01. The van der Waals surface area contributed by atoms with Crippen LogP contribution in [0, 0.1) is 18.3 Å². The van der Waals surface area contributed by atoms with Gasteiger partial charge in [0.15, 0.2) is 5.65 Å². The molecule has 0 fully saturated rings. The molecule has 1 amide bonds. The van der Waals surface area contributed by atoms with Gasteiger partial charge in [0.05, 0.1) is 17.2 Å². The Bertz CT molecular complexity index is 1090. The van der Waals surface area contributed by atoms with E-state index in [0.29, 0.717) is 28.0 Å². The van der Waals surface area contributed by atoms with Crippen molar-refractivity contribution in [2.75, 3.05) is 5.43 Å². The SMILES string of the molecule is CC(=O)NNc1cc(C#N)cc(Cl)n1.Cc1nnc2cc(C(=O)O)cc(Cl)n12. The standard InChI is InChI=1S/C8H7ClN4O.C8H6ClN3O2/c1-5(14)12-13-8-3-6(4-10)2-7(9)11-8;1-4-10-11-7-3-5(8(13)14)2-6(9)12(4)7/h2-3H,1H3,(H,11,13)(H,12,14);2-3H,1H3,(H,13,14). The molecule has 0 aliphatic heterocycles. The van der Waals surface area contributed by atoms with Gasteiger partial charge in [0, 0.05) is 13.0 Å². The van der Waals surface area contributed by atoms with Gasteiger partial charge >= 0.3 is 5.97 Å². The number of hydrazine groups is 1. The molecule has 3 aromatic rings. The highest BCUT2D eigenvalue weighted by Gasteiger charge is 2.10. The number of pyridine rings is 2. The van der Waals surface area contributed by atoms with Crippen LogP contribution in [0.3, 0.4) is 0 Å². The fourth-order valence-corrected chi connectivity index (χ4v) is 2.55. The number of halogens is 2. The van der Waals surface area contributed by atoms with Crippen LogP contribution in [0.25, 0.3) is 5.65 Å². The number of nitriles is 1. The number of carbonyl (C=O) groups excluding carboxylic acids is 1. The maximum absolute atomic E-state index is 10.7. The normalized spacial score (nSPS) is 9.82. The van der Waals surface area contributed by atoms with Crippen molar-refractivity contribution < 1.29 is 14.7 Å². The van der Waals surface area contributed by atoms with Gasteiger partial charge in [-0.2, -0.15) is 5.26 Å². The molecule has 0 aromatic carbocycles. The Morgan fingerprint density at radius 2 is 1.93 bits per heavy atom. The summed E-state index contributed by atoms with van der Waals surface area (Å²) < 4.78 is 1.58. The lowest BCUT2D eigenvalue weighted by molar-refractivity contribution is -0.118. The van der Waals surface area contributed by atoms with Crippen LogP contribution >= 0.6 is 23.2 Å². The van der Waals surface area contributed by atoms with Crippen LogP contribution in [0.5, 0.6) is 0 Å². The Balaban J connectivity index is 0.000000200. The second kappa shape index (κ2) is 8.98. The number of anilines is 1. The molecule has 0 saturated carbocycles. The molecular formula is C16H13Cl2N7O3. The predicted molar refractivity (Wildman–Crippen MR) is 101 cm³/mol. The molecule has 0 bridgehead atoms. The van der Waals surface area contributed by atoms with Crippen LogP contribution in [0.1, 0.15) is 28.7 Å². The summed E-state index contributed by atoms with van der Waals surface area (Å²) in [5.41, 5.74) is 5.75. The lowest BCUT2D eigenvalue weighted by atomic mass is 10.3. The van der Waals surface area contributed by atoms with Crippen LogP contribution in [-0.4, -0.2) is 36.6 Å². The average molecular weight is 422 g/mol. The van der Waals surface area contributed by atoms with E-state index in [1.54, 1.807) is 11.3 Å². The Kier molecular flexibility index (Phi) is 6.70. The number of hydrogen-bond donors (Lipinski definition) is 3. The van der Waals surface area contributed by atoms with Crippen LogP contribution in [0.2, 0.25) is 10.3 Å². The summed E-state index contributed by atoms with van der Waals surface area (Å²) in [5.74, 6) is -0.341. The second-order valence-electron chi connectivity index (χ2n) is 5.29. The van der Waals surface area contributed by atoms with Gasteiger partial charge < -0.3 is 5.11 Å². The molecule has 0 radical (unpaired) electrons. The van der Waals surface area contributed by atoms with Crippen molar-refractivity contribution in [3.05, 3.63) is 51.5 Å². The largest absolute Gasteiger partial charge is 0.478 e. The molecule has 28 heavy (non-hydrogen) atoms. The topological polar surface area (TPSA) is 145 Å². The van der Waals surface area contributed by atoms with E-state index in [4.69, 9.17) is 33.6 Å². The van der Waals surface area contributed by atoms with Gasteiger partial charge in [0.1, 0.15) is 21.9 Å². The van der Waals surface area contributed by atoms with Gasteiger partial charge in [-0.1, -0.05) is 23.2 Å². The number of carbonyl (C=O) groups is 2. The van der Waals surface area contributed by atoms with Gasteiger partial charge in [0.2, 0.25) is 5.91 Å². The summed E-state index contributed by atoms with van der Waals surface area (Å²) in [6, 6.07) is 7.62. The lowest BCUT2D eigenvalue weighted by Gasteiger charge is -2.05. The predicted octanol–water partition coefficient (Wildman–Crippen LogP) is 2.46. The Hall–Kier alpha value is -3.42. The molecule has 3 aromatic heterocycles. The van der Waals surface area contributed by atoms with E-state index >= 15 is 0 Å². The molecule has 3 rings (SSSR count). The number of nitrogens with one attached hydrogen (secondary N) is 2. The highest BCUT2D eigenvalue weighted by atomic mass is 35.5. The summed E-state index contributed by atoms with van der Waals surface area (Å²) in [6.07, 6.45) is 0. The molecular weight excluding hydrogens is 409 g/mol. The molecule has 3 N–H and O–H groups in total. The van der Waals surface area contributed by atoms with Crippen LogP contribution in [0.4, 0.5) is 5.82 Å². The second-order valence-corrected chi connectivity index (χ2v) is 6.07. The molecule has 10 nitrogen and oxygen atoms in total. The summed E-state index contributed by atoms with van der Waals surface area (Å²) in [7, 11) is 0. The van der Waals surface area contributed by atoms with E-state index in [0.717, 1.165) is 0 Å². The molecule has 0 aliphatic rings. The molecule has 0 atom stereocenters. The Morgan fingerprint density at radius 1 is 1.21 bits per heavy atom. The van der Waals surface area contributed by atoms with Crippen molar-refractivity contribution in [1.29, 1.82) is 5.26 Å². The number of aromatic carboxylic acids is 1. The monoisotopic (exact) mass is 421 g/mol. The zero-order valence-corrected chi connectivity index (χ0v) is 16.1. The van der Waals surface area contributed by atoms with E-state index in [9.17, 15) is 9.59 Å². The van der Waals surface area contributed by atoms with Gasteiger partial charge in [-0.15, -0.1) is 10.2 Å². The van der Waals surface area contributed by atoms with Crippen molar-refractivity contribution in [2.45, 2.75) is 13.8 Å². The summed E-state index contributed by atoms with van der Waals surface area (Å²) in [5, 5.41) is 25.4. The van der Waals surface area contributed by atoms with Crippen LogP contribution in [-0.2, 0) is 4.79 Å². The number of hydrogen-bond acceptors (Lipinski definition) is 7. The fraction of sp³-hybridized carbons (Fsp3) is 0.125. The molecule has 0 unspecified atom stereocenters. The number of carboxylic acids is 1. The molecule has 0 spiro atoms. The van der Waals surface area contributed by atoms with Gasteiger partial charge in [0.25, 0.3) is 0 Å². The third-order valence-electron chi connectivity index (χ3n) is 3.16. The highest BCUT2D eigenvalue weighted by Crippen LogP contribution is 2.16. The van der Waals surface area contributed by atoms with E-state index in [1.807, 2.05) is 6.07 Å². The number of rotatable bonds is 3. The summed E-state index contributed by atoms with van der Waals surface area (Å²) >= 11 is 11.5. The first-order valence-corrected chi connectivity index (χ1v) is 8.31. The van der Waals surface area contributed by atoms with Gasteiger partial charge in [-0.25, -0.2) is 9.78 Å². The van der Waals surface area contributed by atoms with Crippen LogP contribution in [0.15, 0.2) is 24.3 Å². The average Bonchev–Trinajstić information content (AvgIpc) is 3.01. The first-order chi connectivity index (χ1) is 13.2. The number of nitrogens with zero attached hydrogens (tertiary/aromatic N) is 5. The van der Waals surface area contributed by atoms with Crippen molar-refractivity contribution in [1.82, 2.24) is 25.0 Å². The number of carboxylic acid groups (broad SMARTS) is 1. The minimum Gasteiger partial charge on any atom is -0.478 e. The van der Waals surface area contributed by atoms with Crippen molar-refractivity contribution >= 4 is 46.5 Å². The van der Waals surface area contributed by atoms with Gasteiger partial charge in [-0.05, 0) is 25.1 Å². The minimum atomic E-state index is -1.03. The van der Waals surface area contributed by atoms with Gasteiger partial charge in [-0.3, -0.25) is 20.0 Å². The van der Waals surface area contributed by atoms with E-state index in [1.165, 1.54) is 31.2 Å². The van der Waals surface area contributed by atoms with Crippen LogP contribution < -0.4 is 10.9 Å². The third kappa shape index (κ3) is 5.29. The zero-order chi connectivity index (χ0) is 20.8. The number of amides is 1. The maximum Gasteiger partial charge on any atom is 0.335 e. The quantitative estimate of drug-likeness (QED) is 0.431. The maximum atomic E-state index is 10.7. The van der Waals surface area contributed by atoms with E-state index in [2.05, 4.69) is 26.0 Å².